The predicted octanol–water partition coefficient (Wildman–Crippen LogP) is 5.13. The van der Waals surface area contributed by atoms with Gasteiger partial charge in [0.25, 0.3) is 0 Å². The minimum Gasteiger partial charge on any atom is -0.454 e. The molecule has 5 atom stereocenters. The average Bonchev–Trinajstić information content (AvgIpc) is 2.87. The van der Waals surface area contributed by atoms with Crippen molar-refractivity contribution >= 4 is 30.8 Å². The first kappa shape index (κ1) is 26.9. The molecule has 36 heavy (non-hydrogen) atoms. The van der Waals surface area contributed by atoms with Crippen LogP contribution in [0.1, 0.15) is 54.4 Å². The van der Waals surface area contributed by atoms with Gasteiger partial charge in [-0.1, -0.05) is 57.2 Å². The van der Waals surface area contributed by atoms with Gasteiger partial charge in [0.1, 0.15) is 18.0 Å². The van der Waals surface area contributed by atoms with Crippen molar-refractivity contribution in [3.05, 3.63) is 48.0 Å². The van der Waals surface area contributed by atoms with E-state index in [0.717, 1.165) is 34.5 Å². The van der Waals surface area contributed by atoms with E-state index in [1.165, 1.54) is 6.92 Å². The third-order valence-corrected chi connectivity index (χ3v) is 11.8. The summed E-state index contributed by atoms with van der Waals surface area (Å²) in [5, 5.41) is 13.1. The molecule has 2 aromatic rings. The fourth-order valence-electron chi connectivity index (χ4n) is 4.67. The average molecular weight is 518 g/mol. The van der Waals surface area contributed by atoms with Crippen LogP contribution in [0.5, 0.6) is 0 Å². The van der Waals surface area contributed by atoms with Crippen molar-refractivity contribution in [2.75, 3.05) is 0 Å². The molecular weight excluding hydrogens is 476 g/mol. The van der Waals surface area contributed by atoms with E-state index in [1.807, 2.05) is 36.4 Å². The van der Waals surface area contributed by atoms with Gasteiger partial charge in [0.05, 0.1) is 20.5 Å². The molecule has 198 valence electrons. The Kier molecular flexibility index (Phi) is 9.67. The Hall–Kier alpha value is -2.10. The molecule has 7 nitrogen and oxygen atoms in total. The molecule has 8 heteroatoms. The number of rotatable bonds is 12. The van der Waals surface area contributed by atoms with Gasteiger partial charge in [0.2, 0.25) is 0 Å². The molecule has 0 spiro atoms. The molecule has 1 N–H and O–H groups in total. The van der Waals surface area contributed by atoms with Gasteiger partial charge in [-0.25, -0.2) is 0 Å². The molecule has 1 heterocycles. The van der Waals surface area contributed by atoms with Gasteiger partial charge in [-0.05, 0) is 54.4 Å². The van der Waals surface area contributed by atoms with E-state index in [1.54, 1.807) is 6.92 Å². The smallest absolute Gasteiger partial charge is 0.306 e. The molecule has 0 amide bonds. The third-order valence-electron chi connectivity index (χ3n) is 7.15. The van der Waals surface area contributed by atoms with Crippen molar-refractivity contribution in [1.82, 2.24) is 0 Å². The number of carbonyl (C=O) groups excluding carboxylic acids is 2. The normalized spacial score (nSPS) is 27.0. The fourth-order valence-corrected chi connectivity index (χ4v) is 7.50. The molecule has 0 saturated carbocycles. The second kappa shape index (κ2) is 12.9. The lowest BCUT2D eigenvalue weighted by molar-refractivity contribution is -0.288. The number of Topliss-reactive ketones (excluding diaryl/α,β-unsaturated/α-hetero) is 1. The number of ketones is 1. The van der Waals surface area contributed by atoms with Gasteiger partial charge >= 0.3 is 5.97 Å². The first-order valence-corrected chi connectivity index (χ1v) is 15.4. The summed E-state index contributed by atoms with van der Waals surface area (Å²) in [7, 11) is -2.29. The molecule has 1 aliphatic rings. The monoisotopic (exact) mass is 517 g/mol. The SMILES string of the molecule is [2H][C@@]1(O)O[C@@H](C)[C@H](OCc2ccc3ccccc3c2)[C@@H](O[Si](CC)(CC)CC)[C@H]1OC(=O)CCC(C)=O. The standard InChI is InChI=1S/C28H40O7Si/c1-6-36(7-2,8-3)35-26-25(32-18-21-14-15-22-11-9-10-12-23(22)17-21)20(5)33-28(31)27(26)34-24(30)16-13-19(4)29/h9-12,14-15,17,20,25-28,31H,6-8,13,16,18H2,1-5H3/t20-,25-,26+,27+,28+/m0/s1/i28D. The molecule has 0 aliphatic carbocycles. The molecule has 0 aromatic heterocycles. The number of hydrogen-bond acceptors (Lipinski definition) is 7. The highest BCUT2D eigenvalue weighted by Crippen LogP contribution is 2.33. The Morgan fingerprint density at radius 3 is 2.31 bits per heavy atom. The van der Waals surface area contributed by atoms with Crippen LogP contribution in [0, 0.1) is 0 Å². The Morgan fingerprint density at radius 1 is 1.00 bits per heavy atom. The number of benzene rings is 2. The molecular formula is C28H40O7Si. The van der Waals surface area contributed by atoms with Gasteiger partial charge in [0.15, 0.2) is 20.7 Å². The summed E-state index contributed by atoms with van der Waals surface area (Å²) in [5.41, 5.74) is 0.955. The maximum Gasteiger partial charge on any atom is 0.306 e. The minimum atomic E-state index is -2.52. The number of aliphatic hydroxyl groups is 1. The van der Waals surface area contributed by atoms with E-state index >= 15 is 0 Å². The maximum atomic E-state index is 12.6. The van der Waals surface area contributed by atoms with E-state index < -0.39 is 45.0 Å². The third kappa shape index (κ3) is 7.01. The quantitative estimate of drug-likeness (QED) is 0.308. The Morgan fingerprint density at radius 2 is 1.67 bits per heavy atom. The first-order chi connectivity index (χ1) is 17.5. The van der Waals surface area contributed by atoms with Crippen LogP contribution < -0.4 is 0 Å². The van der Waals surface area contributed by atoms with Crippen molar-refractivity contribution in [2.45, 2.75) is 103 Å². The van der Waals surface area contributed by atoms with Gasteiger partial charge in [-0.3, -0.25) is 4.79 Å². The summed E-state index contributed by atoms with van der Waals surface area (Å²) in [5.74, 6) is -0.840. The van der Waals surface area contributed by atoms with Crippen LogP contribution in [-0.2, 0) is 34.8 Å². The summed E-state index contributed by atoms with van der Waals surface area (Å²) >= 11 is 0. The van der Waals surface area contributed by atoms with E-state index in [4.69, 9.17) is 20.0 Å². The molecule has 0 bridgehead atoms. The Bertz CT molecular complexity index is 1060. The number of carbonyl (C=O) groups is 2. The van der Waals surface area contributed by atoms with Crippen LogP contribution in [0.25, 0.3) is 10.8 Å². The predicted molar refractivity (Wildman–Crippen MR) is 141 cm³/mol. The molecule has 0 radical (unpaired) electrons. The molecule has 1 fully saturated rings. The van der Waals surface area contributed by atoms with Crippen molar-refractivity contribution < 1.29 is 34.7 Å². The highest BCUT2D eigenvalue weighted by molar-refractivity contribution is 6.73. The van der Waals surface area contributed by atoms with E-state index in [2.05, 4.69) is 26.8 Å². The Balaban J connectivity index is 1.90. The van der Waals surface area contributed by atoms with E-state index in [9.17, 15) is 14.7 Å². The molecule has 3 rings (SSSR count). The van der Waals surface area contributed by atoms with Gasteiger partial charge < -0.3 is 28.5 Å². The second-order valence-corrected chi connectivity index (χ2v) is 14.3. The highest BCUT2D eigenvalue weighted by Gasteiger charge is 2.50. The lowest BCUT2D eigenvalue weighted by atomic mass is 9.99. The van der Waals surface area contributed by atoms with Gasteiger partial charge in [0, 0.05) is 6.42 Å². The molecule has 1 saturated heterocycles. The fraction of sp³-hybridized carbons (Fsp3) is 0.571. The minimum absolute atomic E-state index is 0.0181. The van der Waals surface area contributed by atoms with Crippen LogP contribution >= 0.6 is 0 Å². The number of ether oxygens (including phenoxy) is 3. The van der Waals surface area contributed by atoms with Crippen LogP contribution in [0.4, 0.5) is 0 Å². The molecule has 1 aliphatic heterocycles. The maximum absolute atomic E-state index is 12.6. The van der Waals surface area contributed by atoms with Gasteiger partial charge in [-0.2, -0.15) is 0 Å². The lowest BCUT2D eigenvalue weighted by Crippen LogP contribution is -2.62. The number of hydrogen-bond donors (Lipinski definition) is 1. The zero-order chi connectivity index (χ0) is 27.2. The summed E-state index contributed by atoms with van der Waals surface area (Å²) in [4.78, 5) is 24.0. The summed E-state index contributed by atoms with van der Waals surface area (Å²) in [6, 6.07) is 16.6. The Labute approximate surface area is 216 Å². The van der Waals surface area contributed by atoms with Crippen molar-refractivity contribution in [3.63, 3.8) is 0 Å². The van der Waals surface area contributed by atoms with Crippen molar-refractivity contribution in [1.29, 1.82) is 0 Å². The van der Waals surface area contributed by atoms with Gasteiger partial charge in [-0.15, -0.1) is 0 Å². The summed E-state index contributed by atoms with van der Waals surface area (Å²) in [6.45, 7) is 9.60. The lowest BCUT2D eigenvalue weighted by Gasteiger charge is -2.46. The second-order valence-electron chi connectivity index (χ2n) is 9.56. The van der Waals surface area contributed by atoms with Crippen LogP contribution in [0.15, 0.2) is 42.5 Å². The van der Waals surface area contributed by atoms with E-state index in [0.29, 0.717) is 0 Å². The van der Waals surface area contributed by atoms with Crippen molar-refractivity contribution in [3.8, 4) is 0 Å². The highest BCUT2D eigenvalue weighted by atomic mass is 28.4. The van der Waals surface area contributed by atoms with Crippen molar-refractivity contribution in [2.24, 2.45) is 0 Å². The number of fused-ring (bicyclic) bond motifs is 1. The van der Waals surface area contributed by atoms with Crippen LogP contribution in [0.2, 0.25) is 18.1 Å². The molecule has 2 aromatic carbocycles. The number of esters is 1. The van der Waals surface area contributed by atoms with Crippen LogP contribution in [0.3, 0.4) is 0 Å². The molecule has 0 unspecified atom stereocenters. The topological polar surface area (TPSA) is 91.3 Å². The largest absolute Gasteiger partial charge is 0.454 e. The summed E-state index contributed by atoms with van der Waals surface area (Å²) in [6.07, 6.45) is -6.37. The first-order valence-electron chi connectivity index (χ1n) is 13.4. The zero-order valence-corrected chi connectivity index (χ0v) is 23.0. The van der Waals surface area contributed by atoms with Crippen LogP contribution in [-0.4, -0.2) is 55.9 Å². The summed E-state index contributed by atoms with van der Waals surface area (Å²) < 4.78 is 32.8. The van der Waals surface area contributed by atoms with E-state index in [-0.39, 0.29) is 25.2 Å². The zero-order valence-electron chi connectivity index (χ0n) is 23.0.